The Bertz CT molecular complexity index is 837. The predicted octanol–water partition coefficient (Wildman–Crippen LogP) is 6.74. The van der Waals surface area contributed by atoms with Gasteiger partial charge in [-0.15, -0.1) is 0 Å². The molecule has 196 valence electrons. The fourth-order valence-electron chi connectivity index (χ4n) is 6.38. The number of hydrogen-bond acceptors (Lipinski definition) is 1. The van der Waals surface area contributed by atoms with Crippen molar-refractivity contribution in [1.82, 2.24) is 4.90 Å². The third kappa shape index (κ3) is 7.68. The fourth-order valence-corrected chi connectivity index (χ4v) is 12.2. The van der Waals surface area contributed by atoms with Crippen LogP contribution < -0.4 is 15.6 Å². The zero-order valence-corrected chi connectivity index (χ0v) is 25.1. The Morgan fingerprint density at radius 1 is 0.583 bits per heavy atom. The molecule has 0 saturated heterocycles. The number of benzene rings is 3. The SMILES string of the molecule is CN(C)CC1CCCC1.[CH3-].[CH3-].[Fe+2].c1ccc([Si](c2ccccc2)(c2ccccc2)C2CCCC2)cc1. The van der Waals surface area contributed by atoms with E-state index in [-0.39, 0.29) is 31.9 Å². The summed E-state index contributed by atoms with van der Waals surface area (Å²) in [6.07, 6.45) is 11.4. The van der Waals surface area contributed by atoms with Crippen molar-refractivity contribution in [3.8, 4) is 0 Å². The van der Waals surface area contributed by atoms with Gasteiger partial charge in [0, 0.05) is 6.54 Å². The maximum Gasteiger partial charge on any atom is 2.00 e. The fraction of sp³-hybridized carbons (Fsp3) is 0.394. The van der Waals surface area contributed by atoms with Gasteiger partial charge in [-0.2, -0.15) is 0 Å². The normalized spacial score (nSPS) is 15.8. The van der Waals surface area contributed by atoms with Crippen molar-refractivity contribution < 1.29 is 17.1 Å². The van der Waals surface area contributed by atoms with Crippen molar-refractivity contribution >= 4 is 23.6 Å². The molecule has 5 rings (SSSR count). The van der Waals surface area contributed by atoms with E-state index in [1.807, 2.05) is 0 Å². The van der Waals surface area contributed by atoms with Gasteiger partial charge in [-0.3, -0.25) is 0 Å². The first-order valence-corrected chi connectivity index (χ1v) is 15.1. The second-order valence-electron chi connectivity index (χ2n) is 10.3. The van der Waals surface area contributed by atoms with Gasteiger partial charge < -0.3 is 19.8 Å². The average molecular weight is 542 g/mol. The molecule has 0 aromatic heterocycles. The van der Waals surface area contributed by atoms with Crippen molar-refractivity contribution in [2.45, 2.75) is 56.9 Å². The summed E-state index contributed by atoms with van der Waals surface area (Å²) in [4.78, 5) is 2.30. The second-order valence-corrected chi connectivity index (χ2v) is 14.5. The van der Waals surface area contributed by atoms with Crippen LogP contribution in [0.25, 0.3) is 0 Å². The first kappa shape index (κ1) is 32.4. The summed E-state index contributed by atoms with van der Waals surface area (Å²) in [7, 11) is 2.34. The van der Waals surface area contributed by atoms with Crippen molar-refractivity contribution in [1.29, 1.82) is 0 Å². The van der Waals surface area contributed by atoms with Crippen LogP contribution in [0.4, 0.5) is 0 Å². The van der Waals surface area contributed by atoms with Gasteiger partial charge >= 0.3 is 17.1 Å². The van der Waals surface area contributed by atoms with Gasteiger partial charge in [-0.05, 0) is 54.0 Å². The zero-order valence-electron chi connectivity index (χ0n) is 23.0. The Hall–Kier alpha value is -1.64. The summed E-state index contributed by atoms with van der Waals surface area (Å²) in [6.45, 7) is 1.31. The predicted molar refractivity (Wildman–Crippen MR) is 160 cm³/mol. The first-order valence-electron chi connectivity index (χ1n) is 13.0. The molecule has 0 heterocycles. The van der Waals surface area contributed by atoms with E-state index in [4.69, 9.17) is 0 Å². The van der Waals surface area contributed by atoms with Crippen LogP contribution in [0.5, 0.6) is 0 Å². The van der Waals surface area contributed by atoms with Crippen LogP contribution in [-0.2, 0) is 17.1 Å². The molecular formula is C33H47FeNSi. The molecule has 0 atom stereocenters. The molecule has 2 aliphatic rings. The molecule has 0 radical (unpaired) electrons. The van der Waals surface area contributed by atoms with Gasteiger partial charge in [0.1, 0.15) is 0 Å². The van der Waals surface area contributed by atoms with Gasteiger partial charge in [0.2, 0.25) is 0 Å². The Balaban J connectivity index is 0.000000465. The molecule has 0 bridgehead atoms. The summed E-state index contributed by atoms with van der Waals surface area (Å²) >= 11 is 0. The first-order chi connectivity index (χ1) is 16.2. The van der Waals surface area contributed by atoms with Gasteiger partial charge in [0.25, 0.3) is 0 Å². The summed E-state index contributed by atoms with van der Waals surface area (Å²) < 4.78 is 0. The third-order valence-corrected chi connectivity index (χ3v) is 13.3. The summed E-state index contributed by atoms with van der Waals surface area (Å²) in [6, 6.07) is 34.0. The molecule has 3 aromatic rings. The summed E-state index contributed by atoms with van der Waals surface area (Å²) in [5.41, 5.74) is 0.796. The average Bonchev–Trinajstić information content (AvgIpc) is 3.57. The van der Waals surface area contributed by atoms with E-state index in [0.29, 0.717) is 0 Å². The van der Waals surface area contributed by atoms with Crippen molar-refractivity contribution in [3.05, 3.63) is 106 Å². The van der Waals surface area contributed by atoms with Crippen LogP contribution in [0.2, 0.25) is 5.54 Å². The van der Waals surface area contributed by atoms with Crippen LogP contribution in [0, 0.1) is 20.8 Å². The van der Waals surface area contributed by atoms with Gasteiger partial charge in [0.05, 0.1) is 0 Å². The zero-order chi connectivity index (χ0) is 22.9. The van der Waals surface area contributed by atoms with E-state index in [2.05, 4.69) is 110 Å². The van der Waals surface area contributed by atoms with E-state index < -0.39 is 8.07 Å². The van der Waals surface area contributed by atoms with Crippen LogP contribution >= 0.6 is 0 Å². The quantitative estimate of drug-likeness (QED) is 0.190. The maximum atomic E-state index is 2.38. The van der Waals surface area contributed by atoms with E-state index in [1.54, 1.807) is 15.6 Å². The summed E-state index contributed by atoms with van der Waals surface area (Å²) in [5.74, 6) is 1.01. The van der Waals surface area contributed by atoms with Crippen LogP contribution in [-0.4, -0.2) is 33.6 Å². The largest absolute Gasteiger partial charge is 2.00 e. The van der Waals surface area contributed by atoms with Crippen molar-refractivity contribution in [2.24, 2.45) is 5.92 Å². The van der Waals surface area contributed by atoms with Gasteiger partial charge in [-0.1, -0.05) is 130 Å². The molecule has 2 fully saturated rings. The topological polar surface area (TPSA) is 3.24 Å². The smallest absolute Gasteiger partial charge is 0.358 e. The minimum absolute atomic E-state index is 0. The third-order valence-electron chi connectivity index (χ3n) is 7.75. The molecular weight excluding hydrogens is 494 g/mol. The standard InChI is InChI=1S/C23H24Si.C8H17N.2CH3.Fe/c1-4-12-20(13-5-1)24(23-18-10-11-19-23,21-14-6-2-7-15-21)22-16-8-3-9-17-22;1-9(2)7-8-5-3-4-6-8;;;/h1-9,12-17,23H,10-11,18-19H2;8H,3-7H2,1-2H3;2*1H3;/q;;2*-1;+2. The van der Waals surface area contributed by atoms with E-state index in [1.165, 1.54) is 57.9 Å². The van der Waals surface area contributed by atoms with Crippen LogP contribution in [0.3, 0.4) is 0 Å². The van der Waals surface area contributed by atoms with Crippen molar-refractivity contribution in [3.63, 3.8) is 0 Å². The molecule has 0 N–H and O–H groups in total. The number of nitrogens with zero attached hydrogens (tertiary/aromatic N) is 1. The second kappa shape index (κ2) is 16.3. The molecule has 0 spiro atoms. The molecule has 0 amide bonds. The van der Waals surface area contributed by atoms with Crippen LogP contribution in [0.15, 0.2) is 91.0 Å². The molecule has 3 heteroatoms. The molecule has 0 aliphatic heterocycles. The Morgan fingerprint density at radius 3 is 1.25 bits per heavy atom. The van der Waals surface area contributed by atoms with Gasteiger partial charge in [-0.25, -0.2) is 0 Å². The number of hydrogen-bond donors (Lipinski definition) is 0. The van der Waals surface area contributed by atoms with Crippen molar-refractivity contribution in [2.75, 3.05) is 20.6 Å². The number of rotatable bonds is 6. The Kier molecular flexibility index (Phi) is 14.6. The minimum atomic E-state index is -1.99. The Morgan fingerprint density at radius 2 is 0.917 bits per heavy atom. The van der Waals surface area contributed by atoms with E-state index in [0.717, 1.165) is 11.5 Å². The van der Waals surface area contributed by atoms with Crippen LogP contribution in [0.1, 0.15) is 51.4 Å². The maximum absolute atomic E-state index is 2.38. The Labute approximate surface area is 234 Å². The molecule has 1 nitrogen and oxygen atoms in total. The molecule has 3 aromatic carbocycles. The van der Waals surface area contributed by atoms with E-state index in [9.17, 15) is 0 Å². The monoisotopic (exact) mass is 541 g/mol. The van der Waals surface area contributed by atoms with E-state index >= 15 is 0 Å². The summed E-state index contributed by atoms with van der Waals surface area (Å²) in [5, 5.41) is 4.69. The molecule has 2 saturated carbocycles. The molecule has 0 unspecified atom stereocenters. The molecule has 36 heavy (non-hydrogen) atoms. The molecule has 2 aliphatic carbocycles. The van der Waals surface area contributed by atoms with Gasteiger partial charge in [0.15, 0.2) is 8.07 Å². The minimum Gasteiger partial charge on any atom is -0.358 e.